The van der Waals surface area contributed by atoms with Gasteiger partial charge in [-0.05, 0) is 27.3 Å². The Kier molecular flexibility index (Phi) is 7.54. The summed E-state index contributed by atoms with van der Waals surface area (Å²) in [5.41, 5.74) is 0. The van der Waals surface area contributed by atoms with Crippen molar-refractivity contribution in [3.63, 3.8) is 0 Å². The van der Waals surface area contributed by atoms with Crippen LogP contribution in [0.5, 0.6) is 0 Å². The first kappa shape index (κ1) is 14.9. The fourth-order valence-corrected chi connectivity index (χ4v) is 1.24. The van der Waals surface area contributed by atoms with Gasteiger partial charge in [-0.25, -0.2) is 0 Å². The molecule has 16 heavy (non-hydrogen) atoms. The highest BCUT2D eigenvalue weighted by Crippen LogP contribution is 1.99. The average Bonchev–Trinajstić information content (AvgIpc) is 2.22. The van der Waals surface area contributed by atoms with Crippen molar-refractivity contribution in [2.75, 3.05) is 26.2 Å². The van der Waals surface area contributed by atoms with Gasteiger partial charge in [-0.2, -0.15) is 0 Å². The number of esters is 1. The number of carbonyl (C=O) groups is 2. The summed E-state index contributed by atoms with van der Waals surface area (Å²) in [7, 11) is 0. The summed E-state index contributed by atoms with van der Waals surface area (Å²) in [6.07, 6.45) is 0. The molecule has 0 unspecified atom stereocenters. The molecule has 94 valence electrons. The van der Waals surface area contributed by atoms with Crippen LogP contribution in [0.25, 0.3) is 0 Å². The maximum atomic E-state index is 11.7. The number of rotatable bonds is 7. The van der Waals surface area contributed by atoms with Crippen molar-refractivity contribution in [2.45, 2.75) is 33.7 Å². The summed E-state index contributed by atoms with van der Waals surface area (Å²) >= 11 is 0. The summed E-state index contributed by atoms with van der Waals surface area (Å²) in [4.78, 5) is 24.6. The van der Waals surface area contributed by atoms with E-state index in [4.69, 9.17) is 4.74 Å². The fraction of sp³-hybridized carbons (Fsp3) is 0.818. The number of likely N-dealkylation sites (N-methyl/N-ethyl adjacent to an activating group) is 1. The maximum Gasteiger partial charge on any atom is 0.325 e. The summed E-state index contributed by atoms with van der Waals surface area (Å²) in [5.74, 6) is -0.439. The van der Waals surface area contributed by atoms with E-state index in [1.807, 2.05) is 20.8 Å². The Balaban J connectivity index is 4.26. The van der Waals surface area contributed by atoms with E-state index in [2.05, 4.69) is 5.32 Å². The van der Waals surface area contributed by atoms with E-state index in [0.29, 0.717) is 6.61 Å². The molecule has 0 saturated carbocycles. The second kappa shape index (κ2) is 8.10. The third-order valence-electron chi connectivity index (χ3n) is 2.07. The lowest BCUT2D eigenvalue weighted by Crippen LogP contribution is -2.45. The van der Waals surface area contributed by atoms with Crippen LogP contribution in [-0.4, -0.2) is 49.1 Å². The SMILES string of the molecule is CCNCC(=O)N(CC(=O)OCC)C(C)C. The molecule has 5 heteroatoms. The van der Waals surface area contributed by atoms with E-state index in [0.717, 1.165) is 6.54 Å². The van der Waals surface area contributed by atoms with Crippen LogP contribution < -0.4 is 5.32 Å². The van der Waals surface area contributed by atoms with Gasteiger partial charge in [0.1, 0.15) is 6.54 Å². The van der Waals surface area contributed by atoms with Gasteiger partial charge in [0.05, 0.1) is 13.2 Å². The molecule has 0 fully saturated rings. The van der Waals surface area contributed by atoms with Crippen LogP contribution in [0.1, 0.15) is 27.7 Å². The molecule has 0 aromatic carbocycles. The van der Waals surface area contributed by atoms with E-state index in [9.17, 15) is 9.59 Å². The predicted octanol–water partition coefficient (Wildman–Crippen LogP) is 0.396. The molecule has 1 amide bonds. The molecule has 0 aliphatic carbocycles. The topological polar surface area (TPSA) is 58.6 Å². The molecular formula is C11H22N2O3. The van der Waals surface area contributed by atoms with Crippen molar-refractivity contribution < 1.29 is 14.3 Å². The molecule has 5 nitrogen and oxygen atoms in total. The van der Waals surface area contributed by atoms with Crippen molar-refractivity contribution in [1.29, 1.82) is 0 Å². The third-order valence-corrected chi connectivity index (χ3v) is 2.07. The monoisotopic (exact) mass is 230 g/mol. The zero-order chi connectivity index (χ0) is 12.6. The van der Waals surface area contributed by atoms with E-state index in [-0.39, 0.29) is 31.0 Å². The molecule has 0 radical (unpaired) electrons. The van der Waals surface area contributed by atoms with Crippen LogP contribution in [0.15, 0.2) is 0 Å². The number of amides is 1. The Morgan fingerprint density at radius 3 is 2.38 bits per heavy atom. The molecular weight excluding hydrogens is 208 g/mol. The summed E-state index contributed by atoms with van der Waals surface area (Å²) < 4.78 is 4.82. The van der Waals surface area contributed by atoms with Crippen molar-refractivity contribution in [3.05, 3.63) is 0 Å². The number of nitrogens with zero attached hydrogens (tertiary/aromatic N) is 1. The van der Waals surface area contributed by atoms with Crippen LogP contribution in [-0.2, 0) is 14.3 Å². The molecule has 0 saturated heterocycles. The minimum Gasteiger partial charge on any atom is -0.465 e. The number of ether oxygens (including phenoxy) is 1. The number of hydrogen-bond acceptors (Lipinski definition) is 4. The Morgan fingerprint density at radius 2 is 1.94 bits per heavy atom. The Bertz CT molecular complexity index is 229. The van der Waals surface area contributed by atoms with Gasteiger partial charge < -0.3 is 15.0 Å². The molecule has 0 aliphatic rings. The first-order chi connectivity index (χ1) is 7.52. The highest BCUT2D eigenvalue weighted by Gasteiger charge is 2.19. The first-order valence-corrected chi connectivity index (χ1v) is 5.68. The fourth-order valence-electron chi connectivity index (χ4n) is 1.24. The van der Waals surface area contributed by atoms with E-state index < -0.39 is 0 Å². The van der Waals surface area contributed by atoms with Crippen molar-refractivity contribution in [3.8, 4) is 0 Å². The first-order valence-electron chi connectivity index (χ1n) is 5.68. The zero-order valence-electron chi connectivity index (χ0n) is 10.6. The van der Waals surface area contributed by atoms with Gasteiger partial charge in [0.2, 0.25) is 5.91 Å². The Hall–Kier alpha value is -1.10. The summed E-state index contributed by atoms with van der Waals surface area (Å²) in [5, 5.41) is 2.95. The normalized spacial score (nSPS) is 10.3. The van der Waals surface area contributed by atoms with Gasteiger partial charge in [-0.3, -0.25) is 9.59 Å². The molecule has 1 N–H and O–H groups in total. The molecule has 0 aromatic rings. The lowest BCUT2D eigenvalue weighted by molar-refractivity contribution is -0.149. The van der Waals surface area contributed by atoms with Crippen LogP contribution >= 0.6 is 0 Å². The average molecular weight is 230 g/mol. The molecule has 0 rings (SSSR count). The highest BCUT2D eigenvalue weighted by molar-refractivity contribution is 5.83. The minimum absolute atomic E-state index is 0.00411. The van der Waals surface area contributed by atoms with Gasteiger partial charge >= 0.3 is 5.97 Å². The van der Waals surface area contributed by atoms with Crippen LogP contribution in [0.2, 0.25) is 0 Å². The highest BCUT2D eigenvalue weighted by atomic mass is 16.5. The van der Waals surface area contributed by atoms with Gasteiger partial charge in [0.25, 0.3) is 0 Å². The second-order valence-electron chi connectivity index (χ2n) is 3.70. The van der Waals surface area contributed by atoms with Crippen LogP contribution in [0.4, 0.5) is 0 Å². The minimum atomic E-state index is -0.360. The van der Waals surface area contributed by atoms with Gasteiger partial charge in [-0.15, -0.1) is 0 Å². The quantitative estimate of drug-likeness (QED) is 0.643. The molecule has 0 aliphatic heterocycles. The lowest BCUT2D eigenvalue weighted by atomic mass is 10.3. The van der Waals surface area contributed by atoms with E-state index in [1.165, 1.54) is 4.90 Å². The van der Waals surface area contributed by atoms with Crippen molar-refractivity contribution in [1.82, 2.24) is 10.2 Å². The standard InChI is InChI=1S/C11H22N2O3/c1-5-12-7-10(14)13(9(3)4)8-11(15)16-6-2/h9,12H,5-8H2,1-4H3. The molecule has 0 atom stereocenters. The lowest BCUT2D eigenvalue weighted by Gasteiger charge is -2.25. The Morgan fingerprint density at radius 1 is 1.31 bits per heavy atom. The second-order valence-corrected chi connectivity index (χ2v) is 3.70. The molecule has 0 heterocycles. The van der Waals surface area contributed by atoms with E-state index >= 15 is 0 Å². The van der Waals surface area contributed by atoms with Gasteiger partial charge in [0, 0.05) is 6.04 Å². The van der Waals surface area contributed by atoms with E-state index in [1.54, 1.807) is 6.92 Å². The third kappa shape index (κ3) is 5.70. The number of hydrogen-bond donors (Lipinski definition) is 1. The van der Waals surface area contributed by atoms with Gasteiger partial charge in [-0.1, -0.05) is 6.92 Å². The van der Waals surface area contributed by atoms with Crippen LogP contribution in [0.3, 0.4) is 0 Å². The largest absolute Gasteiger partial charge is 0.465 e. The summed E-state index contributed by atoms with van der Waals surface area (Å²) in [6, 6.07) is -0.00411. The predicted molar refractivity (Wildman–Crippen MR) is 62.0 cm³/mol. The molecule has 0 aromatic heterocycles. The van der Waals surface area contributed by atoms with Crippen LogP contribution in [0, 0.1) is 0 Å². The number of carbonyl (C=O) groups excluding carboxylic acids is 2. The maximum absolute atomic E-state index is 11.7. The smallest absolute Gasteiger partial charge is 0.325 e. The van der Waals surface area contributed by atoms with Gasteiger partial charge in [0.15, 0.2) is 0 Å². The zero-order valence-corrected chi connectivity index (χ0v) is 10.6. The summed E-state index contributed by atoms with van der Waals surface area (Å²) in [6.45, 7) is 8.79. The van der Waals surface area contributed by atoms with Crippen molar-refractivity contribution >= 4 is 11.9 Å². The van der Waals surface area contributed by atoms with Crippen molar-refractivity contribution in [2.24, 2.45) is 0 Å². The Labute approximate surface area is 97.1 Å². The number of nitrogens with one attached hydrogen (secondary N) is 1. The molecule has 0 bridgehead atoms. The molecule has 0 spiro atoms.